The molecule has 4 heteroatoms. The van der Waals surface area contributed by atoms with Crippen LogP contribution in [0.1, 0.15) is 69.8 Å². The molecule has 0 spiro atoms. The SMILES string of the molecule is CC(C)(C)c1cc([C@@H](c2c(O)ccc3ccccc23)N2CCOCC2)cc(C(C)(C)C)c1O. The van der Waals surface area contributed by atoms with E-state index < -0.39 is 0 Å². The van der Waals surface area contributed by atoms with E-state index in [2.05, 4.69) is 70.7 Å². The summed E-state index contributed by atoms with van der Waals surface area (Å²) in [6.07, 6.45) is 0. The first-order valence-corrected chi connectivity index (χ1v) is 11.9. The van der Waals surface area contributed by atoms with Gasteiger partial charge in [0.25, 0.3) is 0 Å². The van der Waals surface area contributed by atoms with Crippen molar-refractivity contribution in [2.24, 2.45) is 0 Å². The van der Waals surface area contributed by atoms with E-state index in [-0.39, 0.29) is 16.9 Å². The van der Waals surface area contributed by atoms with Crippen molar-refractivity contribution in [1.82, 2.24) is 4.90 Å². The number of ether oxygens (including phenoxy) is 1. The third-order valence-electron chi connectivity index (χ3n) is 6.70. The lowest BCUT2D eigenvalue weighted by molar-refractivity contribution is 0.0237. The number of hydrogen-bond acceptors (Lipinski definition) is 4. The predicted molar refractivity (Wildman–Crippen MR) is 135 cm³/mol. The van der Waals surface area contributed by atoms with Gasteiger partial charge in [-0.05, 0) is 56.5 Å². The Hall–Kier alpha value is -2.56. The molecule has 1 aliphatic rings. The van der Waals surface area contributed by atoms with Crippen molar-refractivity contribution in [3.8, 4) is 11.5 Å². The molecule has 0 aliphatic carbocycles. The van der Waals surface area contributed by atoms with Crippen molar-refractivity contribution >= 4 is 10.8 Å². The lowest BCUT2D eigenvalue weighted by atomic mass is 9.77. The van der Waals surface area contributed by atoms with Crippen LogP contribution in [0.3, 0.4) is 0 Å². The minimum atomic E-state index is -0.226. The third-order valence-corrected chi connectivity index (χ3v) is 6.70. The first kappa shape index (κ1) is 23.6. The standard InChI is InChI=1S/C29H37NO3/c1-28(2,3)22-17-20(18-23(27(22)32)29(4,5)6)26(30-13-15-33-16-14-30)25-21-10-8-7-9-19(21)11-12-24(25)31/h7-12,17-18,26,31-32H,13-16H2,1-6H3/t26-/m0/s1. The Bertz CT molecular complexity index is 1110. The summed E-state index contributed by atoms with van der Waals surface area (Å²) in [6, 6.07) is 16.2. The third kappa shape index (κ3) is 4.60. The first-order chi connectivity index (χ1) is 15.5. The number of rotatable bonds is 3. The molecular weight excluding hydrogens is 410 g/mol. The second kappa shape index (κ2) is 8.66. The molecule has 3 aromatic carbocycles. The maximum atomic E-state index is 11.3. The van der Waals surface area contributed by atoms with Crippen LogP contribution in [0.5, 0.6) is 11.5 Å². The molecule has 1 atom stereocenters. The van der Waals surface area contributed by atoms with E-state index in [9.17, 15) is 10.2 Å². The molecule has 0 aromatic heterocycles. The topological polar surface area (TPSA) is 52.9 Å². The van der Waals surface area contributed by atoms with Crippen LogP contribution in [-0.4, -0.2) is 41.4 Å². The van der Waals surface area contributed by atoms with Gasteiger partial charge in [-0.15, -0.1) is 0 Å². The summed E-state index contributed by atoms with van der Waals surface area (Å²) < 4.78 is 5.67. The molecule has 0 unspecified atom stereocenters. The molecule has 4 rings (SSSR count). The Morgan fingerprint density at radius 3 is 1.97 bits per heavy atom. The first-order valence-electron chi connectivity index (χ1n) is 11.9. The van der Waals surface area contributed by atoms with Gasteiger partial charge in [0.2, 0.25) is 0 Å². The summed E-state index contributed by atoms with van der Waals surface area (Å²) in [5.74, 6) is 0.675. The van der Waals surface area contributed by atoms with Crippen LogP contribution in [0.4, 0.5) is 0 Å². The van der Waals surface area contributed by atoms with E-state index in [0.29, 0.717) is 24.7 Å². The Labute approximate surface area is 197 Å². The molecule has 1 aliphatic heterocycles. The number of phenolic OH excluding ortho intramolecular Hbond substituents is 2. The highest BCUT2D eigenvalue weighted by Crippen LogP contribution is 2.45. The molecule has 2 N–H and O–H groups in total. The normalized spacial score (nSPS) is 16.8. The van der Waals surface area contributed by atoms with Crippen LogP contribution >= 0.6 is 0 Å². The molecule has 1 fully saturated rings. The van der Waals surface area contributed by atoms with E-state index in [1.807, 2.05) is 18.2 Å². The number of morpholine rings is 1. The average molecular weight is 448 g/mol. The molecule has 1 heterocycles. The largest absolute Gasteiger partial charge is 0.508 e. The van der Waals surface area contributed by atoms with E-state index in [4.69, 9.17) is 4.74 Å². The molecule has 1 saturated heterocycles. The molecule has 0 radical (unpaired) electrons. The second-order valence-corrected chi connectivity index (χ2v) is 11.2. The van der Waals surface area contributed by atoms with Gasteiger partial charge in [-0.1, -0.05) is 71.9 Å². The zero-order valence-corrected chi connectivity index (χ0v) is 20.8. The van der Waals surface area contributed by atoms with Gasteiger partial charge in [0.1, 0.15) is 11.5 Å². The lowest BCUT2D eigenvalue weighted by Crippen LogP contribution is -2.40. The van der Waals surface area contributed by atoms with Gasteiger partial charge in [0.05, 0.1) is 19.3 Å². The molecule has 4 nitrogen and oxygen atoms in total. The molecule has 176 valence electrons. The summed E-state index contributed by atoms with van der Waals surface area (Å²) in [5.41, 5.74) is 3.43. The van der Waals surface area contributed by atoms with Crippen molar-refractivity contribution < 1.29 is 14.9 Å². The van der Waals surface area contributed by atoms with Crippen molar-refractivity contribution in [1.29, 1.82) is 0 Å². The van der Waals surface area contributed by atoms with E-state index >= 15 is 0 Å². The fraction of sp³-hybridized carbons (Fsp3) is 0.448. The van der Waals surface area contributed by atoms with Crippen molar-refractivity contribution in [2.45, 2.75) is 58.4 Å². The Morgan fingerprint density at radius 1 is 0.818 bits per heavy atom. The fourth-order valence-electron chi connectivity index (χ4n) is 4.93. The summed E-state index contributed by atoms with van der Waals surface area (Å²) in [6.45, 7) is 15.7. The van der Waals surface area contributed by atoms with Gasteiger partial charge in [-0.25, -0.2) is 0 Å². The smallest absolute Gasteiger partial charge is 0.123 e. The van der Waals surface area contributed by atoms with Gasteiger partial charge in [0.15, 0.2) is 0 Å². The molecule has 33 heavy (non-hydrogen) atoms. The Kier molecular flexibility index (Phi) is 6.19. The van der Waals surface area contributed by atoms with Gasteiger partial charge in [-0.2, -0.15) is 0 Å². The van der Waals surface area contributed by atoms with Gasteiger partial charge in [0, 0.05) is 18.7 Å². The van der Waals surface area contributed by atoms with E-state index in [1.54, 1.807) is 6.07 Å². The van der Waals surface area contributed by atoms with E-state index in [1.165, 1.54) is 0 Å². The van der Waals surface area contributed by atoms with Crippen LogP contribution in [0.15, 0.2) is 48.5 Å². The Morgan fingerprint density at radius 2 is 1.39 bits per heavy atom. The average Bonchev–Trinajstić information content (AvgIpc) is 2.75. The zero-order chi connectivity index (χ0) is 24.0. The molecule has 0 amide bonds. The van der Waals surface area contributed by atoms with Gasteiger partial charge in [-0.3, -0.25) is 4.90 Å². The number of phenols is 2. The monoisotopic (exact) mass is 447 g/mol. The van der Waals surface area contributed by atoms with Crippen molar-refractivity contribution in [3.63, 3.8) is 0 Å². The van der Waals surface area contributed by atoms with Gasteiger partial charge < -0.3 is 14.9 Å². The number of benzene rings is 3. The molecule has 3 aromatic rings. The van der Waals surface area contributed by atoms with Gasteiger partial charge >= 0.3 is 0 Å². The summed E-state index contributed by atoms with van der Waals surface area (Å²) >= 11 is 0. The highest BCUT2D eigenvalue weighted by molar-refractivity contribution is 5.88. The lowest BCUT2D eigenvalue weighted by Gasteiger charge is -2.37. The number of nitrogens with zero attached hydrogens (tertiary/aromatic N) is 1. The summed E-state index contributed by atoms with van der Waals surface area (Å²) in [7, 11) is 0. The Balaban J connectivity index is 2.04. The molecule has 0 bridgehead atoms. The molecular formula is C29H37NO3. The summed E-state index contributed by atoms with van der Waals surface area (Å²) in [4.78, 5) is 2.40. The summed E-state index contributed by atoms with van der Waals surface area (Å²) in [5, 5.41) is 24.6. The number of fused-ring (bicyclic) bond motifs is 1. The minimum absolute atomic E-state index is 0.150. The highest BCUT2D eigenvalue weighted by atomic mass is 16.5. The minimum Gasteiger partial charge on any atom is -0.508 e. The van der Waals surface area contributed by atoms with E-state index in [0.717, 1.165) is 46.1 Å². The van der Waals surface area contributed by atoms with Crippen molar-refractivity contribution in [3.05, 3.63) is 70.8 Å². The highest BCUT2D eigenvalue weighted by Gasteiger charge is 2.33. The van der Waals surface area contributed by atoms with Crippen LogP contribution in [0.2, 0.25) is 0 Å². The maximum absolute atomic E-state index is 11.3. The number of aromatic hydroxyl groups is 2. The maximum Gasteiger partial charge on any atom is 0.123 e. The van der Waals surface area contributed by atoms with Crippen LogP contribution < -0.4 is 0 Å². The molecule has 0 saturated carbocycles. The van der Waals surface area contributed by atoms with Crippen LogP contribution in [0, 0.1) is 0 Å². The van der Waals surface area contributed by atoms with Crippen molar-refractivity contribution in [2.75, 3.05) is 26.3 Å². The number of hydrogen-bond donors (Lipinski definition) is 2. The fourth-order valence-corrected chi connectivity index (χ4v) is 4.93. The van der Waals surface area contributed by atoms with Crippen LogP contribution in [0.25, 0.3) is 10.8 Å². The zero-order valence-electron chi connectivity index (χ0n) is 20.8. The van der Waals surface area contributed by atoms with Crippen LogP contribution in [-0.2, 0) is 15.6 Å². The predicted octanol–water partition coefficient (Wildman–Crippen LogP) is 6.27. The second-order valence-electron chi connectivity index (χ2n) is 11.2. The quantitative estimate of drug-likeness (QED) is 0.497.